The fourth-order valence-electron chi connectivity index (χ4n) is 2.50. The van der Waals surface area contributed by atoms with Crippen LogP contribution in [0.2, 0.25) is 0 Å². The molecule has 4 nitrogen and oxygen atoms in total. The number of carbonyl (C=O) groups is 1. The summed E-state index contributed by atoms with van der Waals surface area (Å²) < 4.78 is 5.18. The van der Waals surface area contributed by atoms with Crippen molar-refractivity contribution in [2.45, 2.75) is 12.8 Å². The van der Waals surface area contributed by atoms with Crippen molar-refractivity contribution in [2.24, 2.45) is 0 Å². The third-order valence-electron chi connectivity index (χ3n) is 3.51. The van der Waals surface area contributed by atoms with Crippen LogP contribution in [0, 0.1) is 0 Å². The minimum absolute atomic E-state index is 0.129. The molecule has 0 radical (unpaired) electrons. The summed E-state index contributed by atoms with van der Waals surface area (Å²) in [6.45, 7) is 1.75. The predicted octanol–water partition coefficient (Wildman–Crippen LogP) is 2.41. The Bertz CT molecular complexity index is 582. The highest BCUT2D eigenvalue weighted by atomic mass is 16.5. The fraction of sp³-hybridized carbons (Fsp3) is 0.357. The summed E-state index contributed by atoms with van der Waals surface area (Å²) in [5, 5.41) is 0.965. The summed E-state index contributed by atoms with van der Waals surface area (Å²) in [5.41, 5.74) is 1.70. The first-order chi connectivity index (χ1) is 8.79. The largest absolute Gasteiger partial charge is 0.497 e. The van der Waals surface area contributed by atoms with Gasteiger partial charge in [0.15, 0.2) is 0 Å². The van der Waals surface area contributed by atoms with Gasteiger partial charge in [-0.25, -0.2) is 0 Å². The number of methoxy groups -OCH3 is 1. The van der Waals surface area contributed by atoms with Crippen molar-refractivity contribution in [1.82, 2.24) is 9.88 Å². The molecule has 3 rings (SSSR count). The van der Waals surface area contributed by atoms with E-state index in [1.807, 2.05) is 23.1 Å². The van der Waals surface area contributed by atoms with Gasteiger partial charge in [-0.2, -0.15) is 0 Å². The number of likely N-dealkylation sites (tertiary alicyclic amines) is 1. The highest BCUT2D eigenvalue weighted by molar-refractivity contribution is 6.07. The minimum Gasteiger partial charge on any atom is -0.497 e. The van der Waals surface area contributed by atoms with E-state index in [1.54, 1.807) is 13.3 Å². The van der Waals surface area contributed by atoms with Crippen LogP contribution in [0.5, 0.6) is 5.75 Å². The monoisotopic (exact) mass is 244 g/mol. The standard InChI is InChI=1S/C14H16N2O2/c1-18-10-4-5-11-12(9-15-13(11)8-10)14(17)16-6-2-3-7-16/h4-5,8-9,15H,2-3,6-7H2,1H3. The summed E-state index contributed by atoms with van der Waals surface area (Å²) in [6, 6.07) is 5.74. The zero-order chi connectivity index (χ0) is 12.5. The zero-order valence-electron chi connectivity index (χ0n) is 10.4. The molecule has 1 aromatic heterocycles. The predicted molar refractivity (Wildman–Crippen MR) is 70.0 cm³/mol. The topological polar surface area (TPSA) is 45.3 Å². The van der Waals surface area contributed by atoms with E-state index in [2.05, 4.69) is 4.98 Å². The number of ether oxygens (including phenoxy) is 1. The lowest BCUT2D eigenvalue weighted by molar-refractivity contribution is 0.0795. The van der Waals surface area contributed by atoms with Crippen molar-refractivity contribution in [3.63, 3.8) is 0 Å². The third-order valence-corrected chi connectivity index (χ3v) is 3.51. The van der Waals surface area contributed by atoms with Gasteiger partial charge in [0.25, 0.3) is 5.91 Å². The summed E-state index contributed by atoms with van der Waals surface area (Å²) in [7, 11) is 1.64. The molecule has 1 aliphatic heterocycles. The van der Waals surface area contributed by atoms with E-state index >= 15 is 0 Å². The van der Waals surface area contributed by atoms with Crippen LogP contribution in [-0.2, 0) is 0 Å². The molecule has 0 spiro atoms. The molecule has 1 aromatic carbocycles. The number of nitrogens with zero attached hydrogens (tertiary/aromatic N) is 1. The summed E-state index contributed by atoms with van der Waals surface area (Å²) in [6.07, 6.45) is 4.02. The number of aromatic amines is 1. The van der Waals surface area contributed by atoms with E-state index in [9.17, 15) is 4.79 Å². The first-order valence-electron chi connectivity index (χ1n) is 6.24. The van der Waals surface area contributed by atoms with Crippen LogP contribution < -0.4 is 4.74 Å². The van der Waals surface area contributed by atoms with E-state index in [-0.39, 0.29) is 5.91 Å². The molecule has 0 unspecified atom stereocenters. The van der Waals surface area contributed by atoms with Gasteiger partial charge in [0.05, 0.1) is 12.7 Å². The van der Waals surface area contributed by atoms with Crippen LogP contribution in [0.15, 0.2) is 24.4 Å². The number of hydrogen-bond donors (Lipinski definition) is 1. The molecule has 0 saturated carbocycles. The molecule has 0 bridgehead atoms. The zero-order valence-corrected chi connectivity index (χ0v) is 10.4. The highest BCUT2D eigenvalue weighted by Gasteiger charge is 2.21. The Morgan fingerprint density at radius 2 is 2.11 bits per heavy atom. The van der Waals surface area contributed by atoms with Gasteiger partial charge in [-0.05, 0) is 25.0 Å². The average Bonchev–Trinajstić information content (AvgIpc) is 3.06. The van der Waals surface area contributed by atoms with E-state index in [0.717, 1.165) is 48.1 Å². The number of benzene rings is 1. The molecule has 1 saturated heterocycles. The normalized spacial score (nSPS) is 15.3. The molecular formula is C14H16N2O2. The number of aromatic nitrogens is 1. The van der Waals surface area contributed by atoms with Crippen LogP contribution in [0.4, 0.5) is 0 Å². The van der Waals surface area contributed by atoms with E-state index in [0.29, 0.717) is 0 Å². The second-order valence-electron chi connectivity index (χ2n) is 4.61. The fourth-order valence-corrected chi connectivity index (χ4v) is 2.50. The van der Waals surface area contributed by atoms with E-state index in [4.69, 9.17) is 4.74 Å². The SMILES string of the molecule is COc1ccc2c(C(=O)N3CCCC3)c[nH]c2c1. The maximum absolute atomic E-state index is 12.4. The molecule has 18 heavy (non-hydrogen) atoms. The van der Waals surface area contributed by atoms with Gasteiger partial charge in [-0.3, -0.25) is 4.79 Å². The van der Waals surface area contributed by atoms with E-state index < -0.39 is 0 Å². The smallest absolute Gasteiger partial charge is 0.256 e. The van der Waals surface area contributed by atoms with Crippen molar-refractivity contribution < 1.29 is 9.53 Å². The molecule has 1 aliphatic rings. The number of H-pyrrole nitrogens is 1. The molecule has 1 amide bonds. The summed E-state index contributed by atoms with van der Waals surface area (Å²) in [5.74, 6) is 0.924. The maximum Gasteiger partial charge on any atom is 0.256 e. The van der Waals surface area contributed by atoms with Crippen molar-refractivity contribution in [3.8, 4) is 5.75 Å². The number of rotatable bonds is 2. The number of hydrogen-bond acceptors (Lipinski definition) is 2. The lowest BCUT2D eigenvalue weighted by atomic mass is 10.1. The Hall–Kier alpha value is -1.97. The Morgan fingerprint density at radius 3 is 2.83 bits per heavy atom. The van der Waals surface area contributed by atoms with Gasteiger partial charge in [-0.15, -0.1) is 0 Å². The van der Waals surface area contributed by atoms with Gasteiger partial charge >= 0.3 is 0 Å². The molecule has 1 N–H and O–H groups in total. The number of amides is 1. The van der Waals surface area contributed by atoms with Crippen LogP contribution in [0.1, 0.15) is 23.2 Å². The molecule has 94 valence electrons. The number of nitrogens with one attached hydrogen (secondary N) is 1. The second kappa shape index (κ2) is 4.37. The number of fused-ring (bicyclic) bond motifs is 1. The Kier molecular flexibility index (Phi) is 2.70. The Labute approximate surface area is 106 Å². The van der Waals surface area contributed by atoms with Gasteiger partial charge in [0.2, 0.25) is 0 Å². The Balaban J connectivity index is 1.99. The molecular weight excluding hydrogens is 228 g/mol. The van der Waals surface area contributed by atoms with Crippen LogP contribution in [0.3, 0.4) is 0 Å². The van der Waals surface area contributed by atoms with Gasteiger partial charge < -0.3 is 14.6 Å². The summed E-state index contributed by atoms with van der Waals surface area (Å²) >= 11 is 0. The van der Waals surface area contributed by atoms with E-state index in [1.165, 1.54) is 0 Å². The van der Waals surface area contributed by atoms with Crippen molar-refractivity contribution >= 4 is 16.8 Å². The first kappa shape index (κ1) is 11.1. The third kappa shape index (κ3) is 1.74. The van der Waals surface area contributed by atoms with Crippen LogP contribution in [0.25, 0.3) is 10.9 Å². The second-order valence-corrected chi connectivity index (χ2v) is 4.61. The number of carbonyl (C=O) groups excluding carboxylic acids is 1. The molecule has 1 fully saturated rings. The first-order valence-corrected chi connectivity index (χ1v) is 6.24. The molecule has 2 aromatic rings. The average molecular weight is 244 g/mol. The minimum atomic E-state index is 0.129. The Morgan fingerprint density at radius 1 is 1.33 bits per heavy atom. The van der Waals surface area contributed by atoms with Crippen molar-refractivity contribution in [2.75, 3.05) is 20.2 Å². The van der Waals surface area contributed by atoms with Crippen LogP contribution >= 0.6 is 0 Å². The lowest BCUT2D eigenvalue weighted by Gasteiger charge is -2.14. The molecule has 0 aliphatic carbocycles. The maximum atomic E-state index is 12.4. The van der Waals surface area contributed by atoms with Crippen molar-refractivity contribution in [3.05, 3.63) is 30.0 Å². The molecule has 0 atom stereocenters. The van der Waals surface area contributed by atoms with Crippen LogP contribution in [-0.4, -0.2) is 36.0 Å². The quantitative estimate of drug-likeness (QED) is 0.881. The highest BCUT2D eigenvalue weighted by Crippen LogP contribution is 2.25. The van der Waals surface area contributed by atoms with Crippen molar-refractivity contribution in [1.29, 1.82) is 0 Å². The van der Waals surface area contributed by atoms with Gasteiger partial charge in [-0.1, -0.05) is 0 Å². The lowest BCUT2D eigenvalue weighted by Crippen LogP contribution is -2.27. The molecule has 2 heterocycles. The van der Waals surface area contributed by atoms with Gasteiger partial charge in [0, 0.05) is 36.3 Å². The molecule has 4 heteroatoms. The van der Waals surface area contributed by atoms with Gasteiger partial charge in [0.1, 0.15) is 5.75 Å². The summed E-state index contributed by atoms with van der Waals surface area (Å²) in [4.78, 5) is 17.4.